The summed E-state index contributed by atoms with van der Waals surface area (Å²) >= 11 is 0. The van der Waals surface area contributed by atoms with E-state index in [1.54, 1.807) is 0 Å². The highest BCUT2D eigenvalue weighted by molar-refractivity contribution is 7.90. The molecule has 2 rings (SSSR count). The molecule has 0 amide bonds. The second-order valence-electron chi connectivity index (χ2n) is 4.51. The lowest BCUT2D eigenvalue weighted by atomic mass is 10.3. The summed E-state index contributed by atoms with van der Waals surface area (Å²) in [7, 11) is -3.34. The fraction of sp³-hybridized carbons (Fsp3) is 0.500. The average Bonchev–Trinajstić information content (AvgIpc) is 2.80. The Balaban J connectivity index is 2.06. The maximum absolute atomic E-state index is 12.0. The lowest BCUT2D eigenvalue weighted by Crippen LogP contribution is -2.22. The Labute approximate surface area is 111 Å². The summed E-state index contributed by atoms with van der Waals surface area (Å²) in [5.74, 6) is -1.46. The quantitative estimate of drug-likeness (QED) is 0.863. The molecule has 1 unspecified atom stereocenters. The molecule has 7 heteroatoms. The Morgan fingerprint density at radius 1 is 1.47 bits per heavy atom. The van der Waals surface area contributed by atoms with E-state index in [1.807, 2.05) is 0 Å². The molecule has 0 radical (unpaired) electrons. The second-order valence-corrected chi connectivity index (χ2v) is 6.62. The van der Waals surface area contributed by atoms with Crippen molar-refractivity contribution in [3.63, 3.8) is 0 Å². The second kappa shape index (κ2) is 5.66. The van der Waals surface area contributed by atoms with E-state index in [0.29, 0.717) is 6.61 Å². The van der Waals surface area contributed by atoms with Crippen LogP contribution in [0.25, 0.3) is 0 Å². The molecule has 1 aromatic rings. The first-order chi connectivity index (χ1) is 8.96. The summed E-state index contributed by atoms with van der Waals surface area (Å²) in [6, 6.07) is 4.34. The number of sulfone groups is 1. The summed E-state index contributed by atoms with van der Waals surface area (Å²) in [6.07, 6.45) is 1.39. The first-order valence-electron chi connectivity index (χ1n) is 5.97. The van der Waals surface area contributed by atoms with E-state index in [1.165, 1.54) is 18.2 Å². The van der Waals surface area contributed by atoms with Gasteiger partial charge in [0, 0.05) is 6.61 Å². The highest BCUT2D eigenvalue weighted by Crippen LogP contribution is 2.16. The van der Waals surface area contributed by atoms with Crippen LogP contribution >= 0.6 is 0 Å². The van der Waals surface area contributed by atoms with E-state index in [9.17, 15) is 13.2 Å². The van der Waals surface area contributed by atoms with Crippen molar-refractivity contribution < 1.29 is 23.1 Å². The highest BCUT2D eigenvalue weighted by atomic mass is 32.2. The van der Waals surface area contributed by atoms with Gasteiger partial charge in [-0.15, -0.1) is 0 Å². The van der Waals surface area contributed by atoms with Crippen LogP contribution in [0, 0.1) is 0 Å². The molecule has 19 heavy (non-hydrogen) atoms. The van der Waals surface area contributed by atoms with Crippen LogP contribution in [0.3, 0.4) is 0 Å². The molecule has 1 aliphatic rings. The Hall–Kier alpha value is -1.47. The monoisotopic (exact) mass is 285 g/mol. The molecule has 0 spiro atoms. The molecule has 1 aromatic heterocycles. The van der Waals surface area contributed by atoms with Gasteiger partial charge in [-0.1, -0.05) is 6.07 Å². The number of aromatic carboxylic acids is 1. The molecule has 1 N–H and O–H groups in total. The van der Waals surface area contributed by atoms with E-state index < -0.39 is 15.8 Å². The van der Waals surface area contributed by atoms with E-state index in [-0.39, 0.29) is 29.0 Å². The lowest BCUT2D eigenvalue weighted by molar-refractivity contribution is 0.0690. The number of hydrogen-bond donors (Lipinski definition) is 1. The summed E-state index contributed by atoms with van der Waals surface area (Å²) in [5, 5.41) is 8.81. The summed E-state index contributed by atoms with van der Waals surface area (Å²) in [4.78, 5) is 14.6. The third-order valence-electron chi connectivity index (χ3n) is 2.86. The first-order valence-corrected chi connectivity index (χ1v) is 7.80. The first kappa shape index (κ1) is 14.0. The van der Waals surface area contributed by atoms with Gasteiger partial charge in [-0.25, -0.2) is 18.2 Å². The molecule has 1 fully saturated rings. The van der Waals surface area contributed by atoms with Crippen molar-refractivity contribution in [3.05, 3.63) is 29.6 Å². The predicted molar refractivity (Wildman–Crippen MR) is 67.7 cm³/mol. The minimum atomic E-state index is -3.34. The lowest BCUT2D eigenvalue weighted by Gasteiger charge is -2.10. The average molecular weight is 285 g/mol. The molecule has 0 aliphatic carbocycles. The van der Waals surface area contributed by atoms with Gasteiger partial charge in [-0.05, 0) is 25.0 Å². The van der Waals surface area contributed by atoms with Gasteiger partial charge in [0.05, 0.1) is 23.3 Å². The highest BCUT2D eigenvalue weighted by Gasteiger charge is 2.24. The molecule has 6 nitrogen and oxygen atoms in total. The van der Waals surface area contributed by atoms with Crippen LogP contribution in [0.5, 0.6) is 0 Å². The summed E-state index contributed by atoms with van der Waals surface area (Å²) in [6.45, 7) is 0.604. The maximum Gasteiger partial charge on any atom is 0.354 e. The van der Waals surface area contributed by atoms with Crippen LogP contribution in [0.1, 0.15) is 29.0 Å². The molecule has 1 aliphatic heterocycles. The SMILES string of the molecule is O=C(O)c1cccc(CS(=O)(=O)CC2CCCO2)n1. The van der Waals surface area contributed by atoms with E-state index in [4.69, 9.17) is 9.84 Å². The van der Waals surface area contributed by atoms with Crippen LogP contribution in [-0.4, -0.2) is 42.9 Å². The van der Waals surface area contributed by atoms with Crippen LogP contribution in [0.2, 0.25) is 0 Å². The number of pyridine rings is 1. The van der Waals surface area contributed by atoms with Crippen LogP contribution < -0.4 is 0 Å². The molecular formula is C12H15NO5S. The maximum atomic E-state index is 12.0. The molecule has 0 bridgehead atoms. The number of carbonyl (C=O) groups is 1. The number of ether oxygens (including phenoxy) is 1. The van der Waals surface area contributed by atoms with E-state index >= 15 is 0 Å². The number of nitrogens with zero attached hydrogens (tertiary/aromatic N) is 1. The molecular weight excluding hydrogens is 270 g/mol. The number of aromatic nitrogens is 1. The summed E-state index contributed by atoms with van der Waals surface area (Å²) < 4.78 is 29.2. The van der Waals surface area contributed by atoms with Crippen molar-refractivity contribution in [3.8, 4) is 0 Å². The minimum Gasteiger partial charge on any atom is -0.477 e. The molecule has 2 heterocycles. The molecule has 1 atom stereocenters. The zero-order chi connectivity index (χ0) is 13.9. The Morgan fingerprint density at radius 2 is 2.26 bits per heavy atom. The molecule has 104 valence electrons. The summed E-state index contributed by atoms with van der Waals surface area (Å²) in [5.41, 5.74) is 0.0997. The van der Waals surface area contributed by atoms with Gasteiger partial charge in [0.2, 0.25) is 0 Å². The van der Waals surface area contributed by atoms with Gasteiger partial charge in [0.25, 0.3) is 0 Å². The zero-order valence-corrected chi connectivity index (χ0v) is 11.1. The van der Waals surface area contributed by atoms with Crippen molar-refractivity contribution in [2.75, 3.05) is 12.4 Å². The number of carboxylic acids is 1. The zero-order valence-electron chi connectivity index (χ0n) is 10.3. The third-order valence-corrected chi connectivity index (χ3v) is 4.47. The van der Waals surface area contributed by atoms with Gasteiger partial charge in [0.1, 0.15) is 5.69 Å². The molecule has 0 aromatic carbocycles. The van der Waals surface area contributed by atoms with Crippen LogP contribution in [0.15, 0.2) is 18.2 Å². The van der Waals surface area contributed by atoms with Crippen molar-refractivity contribution in [2.45, 2.75) is 24.7 Å². The largest absolute Gasteiger partial charge is 0.477 e. The minimum absolute atomic E-state index is 0.0357. The fourth-order valence-electron chi connectivity index (χ4n) is 2.02. The van der Waals surface area contributed by atoms with Gasteiger partial charge in [-0.3, -0.25) is 0 Å². The number of rotatable bonds is 5. The van der Waals surface area contributed by atoms with Crippen molar-refractivity contribution in [2.24, 2.45) is 0 Å². The van der Waals surface area contributed by atoms with E-state index in [2.05, 4.69) is 4.98 Å². The molecule has 1 saturated heterocycles. The normalized spacial score (nSPS) is 19.5. The van der Waals surface area contributed by atoms with Gasteiger partial charge in [0.15, 0.2) is 9.84 Å². The van der Waals surface area contributed by atoms with Crippen molar-refractivity contribution >= 4 is 15.8 Å². The topological polar surface area (TPSA) is 93.6 Å². The van der Waals surface area contributed by atoms with Gasteiger partial charge < -0.3 is 9.84 Å². The van der Waals surface area contributed by atoms with E-state index in [0.717, 1.165) is 12.8 Å². The van der Waals surface area contributed by atoms with Gasteiger partial charge >= 0.3 is 5.97 Å². The molecule has 0 saturated carbocycles. The standard InChI is InChI=1S/C12H15NO5S/c14-12(15)11-5-1-3-9(13-11)7-19(16,17)8-10-4-2-6-18-10/h1,3,5,10H,2,4,6-8H2,(H,14,15). The van der Waals surface area contributed by atoms with Crippen LogP contribution in [0.4, 0.5) is 0 Å². The van der Waals surface area contributed by atoms with Crippen LogP contribution in [-0.2, 0) is 20.3 Å². The smallest absolute Gasteiger partial charge is 0.354 e. The van der Waals surface area contributed by atoms with Gasteiger partial charge in [-0.2, -0.15) is 0 Å². The third kappa shape index (κ3) is 4.00. The number of carboxylic acid groups (broad SMARTS) is 1. The predicted octanol–water partition coefficient (Wildman–Crippen LogP) is 0.874. The number of hydrogen-bond acceptors (Lipinski definition) is 5. The fourth-order valence-corrected chi connectivity index (χ4v) is 3.58. The Kier molecular flexibility index (Phi) is 4.16. The Bertz CT molecular complexity index is 563. The van der Waals surface area contributed by atoms with Crippen molar-refractivity contribution in [1.29, 1.82) is 0 Å². The van der Waals surface area contributed by atoms with Crippen molar-refractivity contribution in [1.82, 2.24) is 4.98 Å². The Morgan fingerprint density at radius 3 is 2.89 bits per heavy atom.